The smallest absolute Gasteiger partial charge is 0.229 e. The standard InChI is InChI=1S/C14H17N3O2/c1-10-13(5-7-16-10)14(18)17-11-3-2-4-12(9-11)19-8-6-15/h2-4,9-10,13,16H,5,7-8H2,1H3,(H,17,18). The van der Waals surface area contributed by atoms with Crippen molar-refractivity contribution in [2.45, 2.75) is 19.4 Å². The molecule has 19 heavy (non-hydrogen) atoms. The molecule has 2 atom stereocenters. The summed E-state index contributed by atoms with van der Waals surface area (Å²) in [6, 6.07) is 9.20. The van der Waals surface area contributed by atoms with Gasteiger partial charge >= 0.3 is 0 Å². The van der Waals surface area contributed by atoms with E-state index in [0.29, 0.717) is 11.4 Å². The van der Waals surface area contributed by atoms with Gasteiger partial charge in [0.25, 0.3) is 0 Å². The molecule has 2 unspecified atom stereocenters. The fraction of sp³-hybridized carbons (Fsp3) is 0.429. The molecule has 0 aromatic heterocycles. The predicted octanol–water partition coefficient (Wildman–Crippen LogP) is 1.53. The quantitative estimate of drug-likeness (QED) is 0.860. The summed E-state index contributed by atoms with van der Waals surface area (Å²) in [5, 5.41) is 14.6. The van der Waals surface area contributed by atoms with Gasteiger partial charge in [-0.3, -0.25) is 4.79 Å². The molecule has 0 saturated carbocycles. The second-order valence-corrected chi connectivity index (χ2v) is 4.60. The van der Waals surface area contributed by atoms with Crippen molar-refractivity contribution in [3.63, 3.8) is 0 Å². The average Bonchev–Trinajstić information content (AvgIpc) is 2.83. The number of nitrogens with one attached hydrogen (secondary N) is 2. The fourth-order valence-corrected chi connectivity index (χ4v) is 2.23. The molecule has 5 nitrogen and oxygen atoms in total. The molecule has 1 saturated heterocycles. The van der Waals surface area contributed by atoms with Crippen LogP contribution in [0.4, 0.5) is 5.69 Å². The molecule has 0 bridgehead atoms. The van der Waals surface area contributed by atoms with Crippen LogP contribution in [0.2, 0.25) is 0 Å². The Hall–Kier alpha value is -2.06. The molecule has 1 aromatic carbocycles. The average molecular weight is 259 g/mol. The van der Waals surface area contributed by atoms with E-state index in [4.69, 9.17) is 10.00 Å². The van der Waals surface area contributed by atoms with Crippen molar-refractivity contribution >= 4 is 11.6 Å². The zero-order valence-electron chi connectivity index (χ0n) is 10.8. The van der Waals surface area contributed by atoms with Gasteiger partial charge < -0.3 is 15.4 Å². The molecule has 5 heteroatoms. The van der Waals surface area contributed by atoms with Gasteiger partial charge in [0.1, 0.15) is 11.8 Å². The molecule has 2 N–H and O–H groups in total. The van der Waals surface area contributed by atoms with Crippen LogP contribution in [-0.4, -0.2) is 25.1 Å². The van der Waals surface area contributed by atoms with E-state index in [1.54, 1.807) is 18.2 Å². The van der Waals surface area contributed by atoms with Crippen LogP contribution < -0.4 is 15.4 Å². The molecule has 0 spiro atoms. The summed E-state index contributed by atoms with van der Waals surface area (Å²) >= 11 is 0. The minimum atomic E-state index is 0.000971. The highest BCUT2D eigenvalue weighted by Crippen LogP contribution is 2.21. The van der Waals surface area contributed by atoms with E-state index in [1.807, 2.05) is 19.1 Å². The number of ether oxygens (including phenoxy) is 1. The number of hydrogen-bond donors (Lipinski definition) is 2. The number of anilines is 1. The van der Waals surface area contributed by atoms with Gasteiger partial charge in [0.05, 0.1) is 5.92 Å². The molecular formula is C14H17N3O2. The van der Waals surface area contributed by atoms with Gasteiger partial charge in [0, 0.05) is 17.8 Å². The molecule has 2 rings (SSSR count). The Kier molecular flexibility index (Phi) is 4.37. The lowest BCUT2D eigenvalue weighted by Crippen LogP contribution is -2.32. The van der Waals surface area contributed by atoms with Crippen molar-refractivity contribution in [3.05, 3.63) is 24.3 Å². The summed E-state index contributed by atoms with van der Waals surface area (Å²) in [5.41, 5.74) is 0.694. The molecule has 1 aromatic rings. The predicted molar refractivity (Wildman–Crippen MR) is 71.8 cm³/mol. The molecular weight excluding hydrogens is 242 g/mol. The van der Waals surface area contributed by atoms with Gasteiger partial charge in [-0.2, -0.15) is 5.26 Å². The summed E-state index contributed by atoms with van der Waals surface area (Å²) in [5.74, 6) is 0.607. The van der Waals surface area contributed by atoms with Crippen molar-refractivity contribution in [3.8, 4) is 11.8 Å². The van der Waals surface area contributed by atoms with Crippen molar-refractivity contribution in [1.29, 1.82) is 5.26 Å². The minimum absolute atomic E-state index is 0.000971. The lowest BCUT2D eigenvalue weighted by molar-refractivity contribution is -0.119. The lowest BCUT2D eigenvalue weighted by Gasteiger charge is -2.15. The Morgan fingerprint density at radius 1 is 1.63 bits per heavy atom. The van der Waals surface area contributed by atoms with Crippen LogP contribution in [0.25, 0.3) is 0 Å². The summed E-state index contributed by atoms with van der Waals surface area (Å²) in [7, 11) is 0. The maximum Gasteiger partial charge on any atom is 0.229 e. The van der Waals surface area contributed by atoms with Crippen LogP contribution in [-0.2, 0) is 4.79 Å². The Labute approximate surface area is 112 Å². The number of hydrogen-bond acceptors (Lipinski definition) is 4. The van der Waals surface area contributed by atoms with Crippen molar-refractivity contribution < 1.29 is 9.53 Å². The Bertz CT molecular complexity index is 496. The van der Waals surface area contributed by atoms with E-state index in [2.05, 4.69) is 10.6 Å². The highest BCUT2D eigenvalue weighted by atomic mass is 16.5. The molecule has 1 amide bonds. The first kappa shape index (κ1) is 13.4. The third kappa shape index (κ3) is 3.46. The monoisotopic (exact) mass is 259 g/mol. The van der Waals surface area contributed by atoms with E-state index >= 15 is 0 Å². The molecule has 0 radical (unpaired) electrons. The summed E-state index contributed by atoms with van der Waals surface area (Å²) < 4.78 is 5.20. The summed E-state index contributed by atoms with van der Waals surface area (Å²) in [6.45, 7) is 2.90. The van der Waals surface area contributed by atoms with E-state index in [0.717, 1.165) is 13.0 Å². The first-order valence-electron chi connectivity index (χ1n) is 6.35. The zero-order valence-corrected chi connectivity index (χ0v) is 10.8. The molecule has 1 fully saturated rings. The highest BCUT2D eigenvalue weighted by Gasteiger charge is 2.29. The van der Waals surface area contributed by atoms with Crippen molar-refractivity contribution in [1.82, 2.24) is 5.32 Å². The van der Waals surface area contributed by atoms with E-state index < -0.39 is 0 Å². The molecule has 1 aliphatic rings. The highest BCUT2D eigenvalue weighted by molar-refractivity contribution is 5.93. The SMILES string of the molecule is CC1NCCC1C(=O)Nc1cccc(OCC#N)c1. The first-order valence-corrected chi connectivity index (χ1v) is 6.35. The van der Waals surface area contributed by atoms with Gasteiger partial charge in [0.2, 0.25) is 5.91 Å². The third-order valence-corrected chi connectivity index (χ3v) is 3.27. The van der Waals surface area contributed by atoms with Crippen LogP contribution in [0, 0.1) is 17.2 Å². The van der Waals surface area contributed by atoms with E-state index in [-0.39, 0.29) is 24.5 Å². The summed E-state index contributed by atoms with van der Waals surface area (Å²) in [4.78, 5) is 12.1. The van der Waals surface area contributed by atoms with Gasteiger partial charge in [-0.25, -0.2) is 0 Å². The number of carbonyl (C=O) groups is 1. The number of rotatable bonds is 4. The Morgan fingerprint density at radius 3 is 3.16 bits per heavy atom. The molecule has 100 valence electrons. The fourth-order valence-electron chi connectivity index (χ4n) is 2.23. The maximum absolute atomic E-state index is 12.1. The molecule has 0 aliphatic carbocycles. The Balaban J connectivity index is 1.98. The van der Waals surface area contributed by atoms with Gasteiger partial charge in [0.15, 0.2) is 6.61 Å². The van der Waals surface area contributed by atoms with E-state index in [1.165, 1.54) is 0 Å². The topological polar surface area (TPSA) is 74.2 Å². The normalized spacial score (nSPS) is 21.7. The van der Waals surface area contributed by atoms with E-state index in [9.17, 15) is 4.79 Å². The first-order chi connectivity index (χ1) is 9.20. The number of amides is 1. The third-order valence-electron chi connectivity index (χ3n) is 3.27. The maximum atomic E-state index is 12.1. The van der Waals surface area contributed by atoms with Crippen LogP contribution >= 0.6 is 0 Å². The van der Waals surface area contributed by atoms with Crippen LogP contribution in [0.15, 0.2) is 24.3 Å². The number of benzene rings is 1. The number of nitrogens with zero attached hydrogens (tertiary/aromatic N) is 1. The van der Waals surface area contributed by atoms with Crippen LogP contribution in [0.5, 0.6) is 5.75 Å². The summed E-state index contributed by atoms with van der Waals surface area (Å²) in [6.07, 6.45) is 0.859. The molecule has 1 heterocycles. The number of carbonyl (C=O) groups excluding carboxylic acids is 1. The Morgan fingerprint density at radius 2 is 2.47 bits per heavy atom. The molecule has 1 aliphatic heterocycles. The zero-order chi connectivity index (χ0) is 13.7. The van der Waals surface area contributed by atoms with Gasteiger partial charge in [-0.05, 0) is 32.0 Å². The van der Waals surface area contributed by atoms with Crippen molar-refractivity contribution in [2.75, 3.05) is 18.5 Å². The van der Waals surface area contributed by atoms with Crippen LogP contribution in [0.3, 0.4) is 0 Å². The van der Waals surface area contributed by atoms with Gasteiger partial charge in [-0.15, -0.1) is 0 Å². The number of nitriles is 1. The van der Waals surface area contributed by atoms with Crippen LogP contribution in [0.1, 0.15) is 13.3 Å². The largest absolute Gasteiger partial charge is 0.479 e. The van der Waals surface area contributed by atoms with Gasteiger partial charge in [-0.1, -0.05) is 6.07 Å². The second-order valence-electron chi connectivity index (χ2n) is 4.60. The second kappa shape index (κ2) is 6.21. The lowest BCUT2D eigenvalue weighted by atomic mass is 10.0. The van der Waals surface area contributed by atoms with Crippen molar-refractivity contribution in [2.24, 2.45) is 5.92 Å². The minimum Gasteiger partial charge on any atom is -0.479 e.